The first-order valence-corrected chi connectivity index (χ1v) is 7.07. The van der Waals surface area contributed by atoms with Crippen LogP contribution in [0.25, 0.3) is 0 Å². The van der Waals surface area contributed by atoms with Gasteiger partial charge in [-0.15, -0.1) is 0 Å². The lowest BCUT2D eigenvalue weighted by molar-refractivity contribution is -0.131. The highest BCUT2D eigenvalue weighted by molar-refractivity contribution is 9.09. The van der Waals surface area contributed by atoms with Gasteiger partial charge in [0.2, 0.25) is 5.91 Å². The summed E-state index contributed by atoms with van der Waals surface area (Å²) in [6.07, 6.45) is 0.418. The Bertz CT molecular complexity index is 247. The van der Waals surface area contributed by atoms with Crippen molar-refractivity contribution in [1.82, 2.24) is 5.32 Å². The van der Waals surface area contributed by atoms with Gasteiger partial charge in [0.25, 0.3) is 0 Å². The van der Waals surface area contributed by atoms with Crippen molar-refractivity contribution >= 4 is 21.8 Å². The second-order valence-corrected chi connectivity index (χ2v) is 5.46. The smallest absolute Gasteiger partial charge is 0.230 e. The number of hydrogen-bond acceptors (Lipinski definition) is 2. The van der Waals surface area contributed by atoms with E-state index in [1.165, 1.54) is 0 Å². The summed E-state index contributed by atoms with van der Waals surface area (Å²) in [5.41, 5.74) is 0. The highest BCUT2D eigenvalue weighted by Gasteiger charge is 2.36. The number of carbonyl (C=O) groups excluding carboxylic acids is 1. The van der Waals surface area contributed by atoms with Gasteiger partial charge in [-0.2, -0.15) is 0 Å². The highest BCUT2D eigenvalue weighted by atomic mass is 79.9. The minimum atomic E-state index is 0.0229. The average Bonchev–Trinajstić information content (AvgIpc) is 2.28. The predicted molar refractivity (Wildman–Crippen MR) is 68.6 cm³/mol. The van der Waals surface area contributed by atoms with Crippen molar-refractivity contribution in [3.8, 4) is 0 Å². The number of amides is 1. The van der Waals surface area contributed by atoms with Gasteiger partial charge in [0.15, 0.2) is 0 Å². The number of carbonyl (C=O) groups is 1. The summed E-state index contributed by atoms with van der Waals surface area (Å²) in [7, 11) is 0. The van der Waals surface area contributed by atoms with E-state index in [1.54, 1.807) is 0 Å². The van der Waals surface area contributed by atoms with Crippen LogP contribution in [0.5, 0.6) is 0 Å². The van der Waals surface area contributed by atoms with Gasteiger partial charge in [-0.25, -0.2) is 0 Å². The molecule has 1 N–H and O–H groups in total. The Balaban J connectivity index is 2.50. The topological polar surface area (TPSA) is 38.3 Å². The van der Waals surface area contributed by atoms with E-state index in [0.717, 1.165) is 0 Å². The van der Waals surface area contributed by atoms with Crippen LogP contribution in [0.3, 0.4) is 0 Å². The summed E-state index contributed by atoms with van der Waals surface area (Å²) >= 11 is 3.14. The molecule has 0 aromatic rings. The SMILES string of the molecule is C[C@@H]1[C@@H](C)[C@H](C)O[C@H](CNC(=O)CBr)[C@H]1C. The minimum absolute atomic E-state index is 0.0229. The number of rotatable bonds is 3. The van der Waals surface area contributed by atoms with Crippen LogP contribution in [-0.4, -0.2) is 30.0 Å². The normalized spacial score (nSPS) is 39.4. The Morgan fingerprint density at radius 1 is 1.19 bits per heavy atom. The van der Waals surface area contributed by atoms with Crippen LogP contribution in [0, 0.1) is 17.8 Å². The van der Waals surface area contributed by atoms with Crippen LogP contribution >= 0.6 is 15.9 Å². The first-order chi connectivity index (χ1) is 7.47. The monoisotopic (exact) mass is 291 g/mol. The molecular formula is C12H22BrNO2. The van der Waals surface area contributed by atoms with Crippen LogP contribution in [0.2, 0.25) is 0 Å². The molecule has 4 heteroatoms. The fourth-order valence-corrected chi connectivity index (χ4v) is 2.46. The van der Waals surface area contributed by atoms with Crippen molar-refractivity contribution < 1.29 is 9.53 Å². The summed E-state index contributed by atoms with van der Waals surface area (Å²) in [6, 6.07) is 0. The molecule has 0 bridgehead atoms. The van der Waals surface area contributed by atoms with Gasteiger partial charge in [-0.05, 0) is 24.7 Å². The molecular weight excluding hydrogens is 270 g/mol. The summed E-state index contributed by atoms with van der Waals surface area (Å²) < 4.78 is 5.95. The maximum Gasteiger partial charge on any atom is 0.230 e. The summed E-state index contributed by atoms with van der Waals surface area (Å²) in [4.78, 5) is 11.2. The Hall–Kier alpha value is -0.0900. The molecule has 1 rings (SSSR count). The largest absolute Gasteiger partial charge is 0.373 e. The number of halogens is 1. The fraction of sp³-hybridized carbons (Fsp3) is 0.917. The van der Waals surface area contributed by atoms with Crippen LogP contribution in [0.1, 0.15) is 27.7 Å². The highest BCUT2D eigenvalue weighted by Crippen LogP contribution is 2.34. The van der Waals surface area contributed by atoms with Gasteiger partial charge in [0.05, 0.1) is 17.5 Å². The average molecular weight is 292 g/mol. The van der Waals surface area contributed by atoms with Crippen molar-refractivity contribution in [2.24, 2.45) is 17.8 Å². The van der Waals surface area contributed by atoms with Gasteiger partial charge in [0.1, 0.15) is 0 Å². The second-order valence-electron chi connectivity index (χ2n) is 4.89. The summed E-state index contributed by atoms with van der Waals surface area (Å²) in [6.45, 7) is 9.45. The molecule has 1 aliphatic rings. The zero-order valence-corrected chi connectivity index (χ0v) is 12.1. The molecule has 0 aromatic carbocycles. The second kappa shape index (κ2) is 6.01. The van der Waals surface area contributed by atoms with Crippen molar-refractivity contribution in [2.45, 2.75) is 39.9 Å². The lowest BCUT2D eigenvalue weighted by Crippen LogP contribution is -2.48. The maximum atomic E-state index is 11.2. The van der Waals surface area contributed by atoms with E-state index >= 15 is 0 Å². The Kier molecular flexibility index (Phi) is 5.25. The van der Waals surface area contributed by atoms with Gasteiger partial charge in [0, 0.05) is 6.54 Å². The first-order valence-electron chi connectivity index (χ1n) is 5.95. The van der Waals surface area contributed by atoms with Crippen LogP contribution in [0.4, 0.5) is 0 Å². The Labute approximate surface area is 106 Å². The maximum absolute atomic E-state index is 11.2. The van der Waals surface area contributed by atoms with E-state index in [4.69, 9.17) is 4.74 Å². The molecule has 1 saturated heterocycles. The van der Waals surface area contributed by atoms with E-state index in [2.05, 4.69) is 48.9 Å². The van der Waals surface area contributed by atoms with Crippen molar-refractivity contribution in [3.05, 3.63) is 0 Å². The number of nitrogens with one attached hydrogen (secondary N) is 1. The van der Waals surface area contributed by atoms with Gasteiger partial charge in [-0.1, -0.05) is 36.7 Å². The molecule has 0 aromatic heterocycles. The quantitative estimate of drug-likeness (QED) is 0.810. The molecule has 94 valence electrons. The molecule has 0 saturated carbocycles. The zero-order chi connectivity index (χ0) is 12.3. The molecule has 0 spiro atoms. The van der Waals surface area contributed by atoms with E-state index in [-0.39, 0.29) is 18.1 Å². The lowest BCUT2D eigenvalue weighted by atomic mass is 9.77. The molecule has 16 heavy (non-hydrogen) atoms. The predicted octanol–water partition coefficient (Wildman–Crippen LogP) is 2.19. The molecule has 0 radical (unpaired) electrons. The zero-order valence-electron chi connectivity index (χ0n) is 10.5. The molecule has 0 unspecified atom stereocenters. The fourth-order valence-electron chi connectivity index (χ4n) is 2.26. The Morgan fingerprint density at radius 3 is 2.38 bits per heavy atom. The third kappa shape index (κ3) is 3.20. The first kappa shape index (κ1) is 14.0. The van der Waals surface area contributed by atoms with Gasteiger partial charge < -0.3 is 10.1 Å². The van der Waals surface area contributed by atoms with Crippen LogP contribution in [-0.2, 0) is 9.53 Å². The van der Waals surface area contributed by atoms with Crippen molar-refractivity contribution in [3.63, 3.8) is 0 Å². The van der Waals surface area contributed by atoms with E-state index in [0.29, 0.717) is 29.6 Å². The van der Waals surface area contributed by atoms with E-state index in [9.17, 15) is 4.79 Å². The van der Waals surface area contributed by atoms with Gasteiger partial charge >= 0.3 is 0 Å². The molecule has 1 heterocycles. The summed E-state index contributed by atoms with van der Waals surface area (Å²) in [5, 5.41) is 3.23. The number of hydrogen-bond donors (Lipinski definition) is 1. The molecule has 1 fully saturated rings. The summed E-state index contributed by atoms with van der Waals surface area (Å²) in [5.74, 6) is 1.73. The van der Waals surface area contributed by atoms with Crippen molar-refractivity contribution in [1.29, 1.82) is 0 Å². The third-order valence-corrected chi connectivity index (χ3v) is 4.51. The third-order valence-electron chi connectivity index (χ3n) is 4.00. The van der Waals surface area contributed by atoms with Crippen molar-refractivity contribution in [2.75, 3.05) is 11.9 Å². The standard InChI is InChI=1S/C12H22BrNO2/c1-7-8(2)10(4)16-11(9(7)3)6-14-12(15)5-13/h7-11H,5-6H2,1-4H3,(H,14,15)/t7-,8-,9+,10+,11-/m1/s1. The lowest BCUT2D eigenvalue weighted by Gasteiger charge is -2.42. The van der Waals surface area contributed by atoms with E-state index < -0.39 is 0 Å². The number of ether oxygens (including phenoxy) is 1. The Morgan fingerprint density at radius 2 is 1.81 bits per heavy atom. The molecule has 5 atom stereocenters. The molecule has 1 aliphatic heterocycles. The van der Waals surface area contributed by atoms with Crippen LogP contribution in [0.15, 0.2) is 0 Å². The van der Waals surface area contributed by atoms with E-state index in [1.807, 2.05) is 0 Å². The molecule has 3 nitrogen and oxygen atoms in total. The molecule has 0 aliphatic carbocycles. The molecule has 1 amide bonds. The van der Waals surface area contributed by atoms with Gasteiger partial charge in [-0.3, -0.25) is 4.79 Å². The number of alkyl halides is 1. The minimum Gasteiger partial charge on any atom is -0.373 e. The van der Waals surface area contributed by atoms with Crippen LogP contribution < -0.4 is 5.32 Å².